The first-order valence-electron chi connectivity index (χ1n) is 8.78. The molecule has 2 aromatic carbocycles. The normalized spacial score (nSPS) is 15.7. The van der Waals surface area contributed by atoms with Crippen LogP contribution in [0.5, 0.6) is 0 Å². The number of ether oxygens (including phenoxy) is 1. The Morgan fingerprint density at radius 1 is 1.22 bits per heavy atom. The highest BCUT2D eigenvalue weighted by molar-refractivity contribution is 7.14. The van der Waals surface area contributed by atoms with E-state index in [0.717, 1.165) is 23.2 Å². The van der Waals surface area contributed by atoms with E-state index in [9.17, 15) is 9.59 Å². The number of cyclic esters (lactones) is 1. The van der Waals surface area contributed by atoms with E-state index in [-0.39, 0.29) is 5.91 Å². The predicted molar refractivity (Wildman–Crippen MR) is 105 cm³/mol. The quantitative estimate of drug-likeness (QED) is 0.694. The van der Waals surface area contributed by atoms with Crippen molar-refractivity contribution in [2.45, 2.75) is 25.9 Å². The minimum absolute atomic E-state index is 0.361. The Balaban J connectivity index is 1.46. The van der Waals surface area contributed by atoms with Gasteiger partial charge in [-0.2, -0.15) is 0 Å². The first-order chi connectivity index (χ1) is 13.1. The summed E-state index contributed by atoms with van der Waals surface area (Å²) < 4.78 is 5.29. The van der Waals surface area contributed by atoms with Gasteiger partial charge in [0.2, 0.25) is 0 Å². The molecule has 0 spiro atoms. The number of esters is 1. The number of carbonyl (C=O) groups excluding carboxylic acids is 2. The molecule has 2 heterocycles. The van der Waals surface area contributed by atoms with E-state index in [4.69, 9.17) is 4.74 Å². The molecule has 136 valence electrons. The molecule has 0 unspecified atom stereocenters. The summed E-state index contributed by atoms with van der Waals surface area (Å²) in [5.41, 5.74) is 4.42. The number of benzene rings is 2. The maximum Gasteiger partial charge on any atom is 0.339 e. The fourth-order valence-electron chi connectivity index (χ4n) is 3.04. The number of amides is 1. The van der Waals surface area contributed by atoms with Gasteiger partial charge < -0.3 is 4.74 Å². The van der Waals surface area contributed by atoms with Crippen LogP contribution in [0.15, 0.2) is 53.9 Å². The lowest BCUT2D eigenvalue weighted by molar-refractivity contribution is -0.125. The summed E-state index contributed by atoms with van der Waals surface area (Å²) in [5.74, 6) is -0.826. The number of aromatic nitrogens is 1. The molecule has 1 amide bonds. The van der Waals surface area contributed by atoms with Gasteiger partial charge in [0.25, 0.3) is 5.91 Å². The van der Waals surface area contributed by atoms with Gasteiger partial charge >= 0.3 is 5.97 Å². The first-order valence-corrected chi connectivity index (χ1v) is 9.66. The summed E-state index contributed by atoms with van der Waals surface area (Å²) in [7, 11) is 0. The molecule has 1 N–H and O–H groups in total. The second kappa shape index (κ2) is 7.32. The number of aryl methyl sites for hydroxylation is 1. The monoisotopic (exact) mass is 378 g/mol. The van der Waals surface area contributed by atoms with Gasteiger partial charge in [0.1, 0.15) is 0 Å². The van der Waals surface area contributed by atoms with Crippen molar-refractivity contribution in [3.8, 4) is 11.3 Å². The number of hydrogen-bond acceptors (Lipinski definition) is 5. The lowest BCUT2D eigenvalue weighted by atomic mass is 9.98. The Bertz CT molecular complexity index is 995. The molecule has 0 bridgehead atoms. The number of rotatable bonds is 4. The van der Waals surface area contributed by atoms with Gasteiger partial charge in [-0.15, -0.1) is 11.3 Å². The lowest BCUT2D eigenvalue weighted by Gasteiger charge is -2.23. The highest BCUT2D eigenvalue weighted by Gasteiger charge is 2.31. The average Bonchev–Trinajstić information content (AvgIpc) is 3.16. The maximum atomic E-state index is 12.5. The summed E-state index contributed by atoms with van der Waals surface area (Å²) in [5, 5.41) is 5.16. The van der Waals surface area contributed by atoms with Crippen molar-refractivity contribution in [2.24, 2.45) is 0 Å². The molecule has 3 aromatic rings. The van der Waals surface area contributed by atoms with Gasteiger partial charge in [0.05, 0.1) is 11.3 Å². The molecular formula is C21H18N2O3S. The molecule has 1 aromatic heterocycles. The fourth-order valence-corrected chi connectivity index (χ4v) is 3.76. The number of carbonyl (C=O) groups is 2. The van der Waals surface area contributed by atoms with Crippen molar-refractivity contribution < 1.29 is 14.3 Å². The Labute approximate surface area is 161 Å². The van der Waals surface area contributed by atoms with Crippen LogP contribution in [0.1, 0.15) is 28.4 Å². The van der Waals surface area contributed by atoms with Crippen LogP contribution in [-0.2, 0) is 22.4 Å². The van der Waals surface area contributed by atoms with Crippen molar-refractivity contribution in [3.63, 3.8) is 0 Å². The molecule has 1 atom stereocenters. The SMILES string of the molecule is CCc1ccc(-c2csc(NC(=O)[C@@H]3Cc4ccccc4C(=O)O3)n2)cc1. The zero-order valence-corrected chi connectivity index (χ0v) is 15.6. The third-order valence-corrected chi connectivity index (χ3v) is 5.33. The summed E-state index contributed by atoms with van der Waals surface area (Å²) in [6, 6.07) is 15.4. The Morgan fingerprint density at radius 2 is 2.00 bits per heavy atom. The van der Waals surface area contributed by atoms with Crippen molar-refractivity contribution in [2.75, 3.05) is 5.32 Å². The molecule has 27 heavy (non-hydrogen) atoms. The van der Waals surface area contributed by atoms with Crippen molar-refractivity contribution >= 4 is 28.3 Å². The van der Waals surface area contributed by atoms with Gasteiger partial charge in [-0.05, 0) is 23.6 Å². The lowest BCUT2D eigenvalue weighted by Crippen LogP contribution is -2.37. The van der Waals surface area contributed by atoms with E-state index in [0.29, 0.717) is 17.1 Å². The minimum Gasteiger partial charge on any atom is -0.448 e. The third-order valence-electron chi connectivity index (χ3n) is 4.58. The van der Waals surface area contributed by atoms with Gasteiger partial charge in [-0.1, -0.05) is 49.4 Å². The first kappa shape index (κ1) is 17.4. The molecule has 4 rings (SSSR count). The van der Waals surface area contributed by atoms with Gasteiger partial charge in [-0.25, -0.2) is 9.78 Å². The molecule has 5 nitrogen and oxygen atoms in total. The zero-order valence-electron chi connectivity index (χ0n) is 14.8. The van der Waals surface area contributed by atoms with Crippen LogP contribution in [-0.4, -0.2) is 23.0 Å². The summed E-state index contributed by atoms with van der Waals surface area (Å²) in [6.45, 7) is 2.11. The Hall–Kier alpha value is -2.99. The van der Waals surface area contributed by atoms with E-state index in [2.05, 4.69) is 29.4 Å². The molecule has 0 saturated heterocycles. The Kier molecular flexibility index (Phi) is 4.73. The highest BCUT2D eigenvalue weighted by atomic mass is 32.1. The van der Waals surface area contributed by atoms with Gasteiger partial charge in [-0.3, -0.25) is 10.1 Å². The number of nitrogens with zero attached hydrogens (tertiary/aromatic N) is 1. The molecule has 1 aliphatic rings. The average molecular weight is 378 g/mol. The molecular weight excluding hydrogens is 360 g/mol. The van der Waals surface area contributed by atoms with Crippen molar-refractivity contribution in [1.29, 1.82) is 0 Å². The van der Waals surface area contributed by atoms with E-state index in [1.165, 1.54) is 16.9 Å². The molecule has 0 fully saturated rings. The van der Waals surface area contributed by atoms with Crippen LogP contribution < -0.4 is 5.32 Å². The maximum absolute atomic E-state index is 12.5. The van der Waals surface area contributed by atoms with Crippen LogP contribution in [0.4, 0.5) is 5.13 Å². The van der Waals surface area contributed by atoms with Crippen LogP contribution in [0.25, 0.3) is 11.3 Å². The predicted octanol–water partition coefficient (Wildman–Crippen LogP) is 4.09. The second-order valence-corrected chi connectivity index (χ2v) is 7.19. The zero-order chi connectivity index (χ0) is 18.8. The van der Waals surface area contributed by atoms with Crippen molar-refractivity contribution in [3.05, 3.63) is 70.6 Å². The summed E-state index contributed by atoms with van der Waals surface area (Å²) >= 11 is 1.35. The van der Waals surface area contributed by atoms with E-state index in [1.54, 1.807) is 12.1 Å². The number of thiazole rings is 1. The molecule has 0 radical (unpaired) electrons. The van der Waals surface area contributed by atoms with E-state index >= 15 is 0 Å². The highest BCUT2D eigenvalue weighted by Crippen LogP contribution is 2.26. The summed E-state index contributed by atoms with van der Waals surface area (Å²) in [6.07, 6.45) is 0.510. The summed E-state index contributed by atoms with van der Waals surface area (Å²) in [4.78, 5) is 29.1. The van der Waals surface area contributed by atoms with E-state index in [1.807, 2.05) is 29.6 Å². The number of hydrogen-bond donors (Lipinski definition) is 1. The topological polar surface area (TPSA) is 68.3 Å². The molecule has 6 heteroatoms. The van der Waals surface area contributed by atoms with Gasteiger partial charge in [0, 0.05) is 17.4 Å². The van der Waals surface area contributed by atoms with E-state index < -0.39 is 12.1 Å². The minimum atomic E-state index is -0.844. The Morgan fingerprint density at radius 3 is 2.78 bits per heavy atom. The number of anilines is 1. The van der Waals surface area contributed by atoms with Crippen LogP contribution in [0.3, 0.4) is 0 Å². The third kappa shape index (κ3) is 3.61. The van der Waals surface area contributed by atoms with Crippen LogP contribution in [0.2, 0.25) is 0 Å². The van der Waals surface area contributed by atoms with Crippen LogP contribution >= 0.6 is 11.3 Å². The molecule has 0 saturated carbocycles. The van der Waals surface area contributed by atoms with Crippen molar-refractivity contribution in [1.82, 2.24) is 4.98 Å². The fraction of sp³-hybridized carbons (Fsp3) is 0.190. The molecule has 0 aliphatic carbocycles. The largest absolute Gasteiger partial charge is 0.448 e. The van der Waals surface area contributed by atoms with Crippen LogP contribution in [0, 0.1) is 0 Å². The van der Waals surface area contributed by atoms with Gasteiger partial charge in [0.15, 0.2) is 11.2 Å². The standard InChI is InChI=1S/C21H18N2O3S/c1-2-13-7-9-14(10-8-13)17-12-27-21(22-17)23-19(24)18-11-15-5-3-4-6-16(15)20(25)26-18/h3-10,12,18H,2,11H2,1H3,(H,22,23,24)/t18-/m0/s1. The smallest absolute Gasteiger partial charge is 0.339 e. The number of nitrogens with one attached hydrogen (secondary N) is 1. The number of fused-ring (bicyclic) bond motifs is 1. The molecule has 1 aliphatic heterocycles. The second-order valence-electron chi connectivity index (χ2n) is 6.33.